The fourth-order valence-electron chi connectivity index (χ4n) is 2.93. The topological polar surface area (TPSA) is 86.0 Å². The summed E-state index contributed by atoms with van der Waals surface area (Å²) in [5, 5.41) is 13.4. The molecule has 1 heterocycles. The van der Waals surface area contributed by atoms with Crippen molar-refractivity contribution in [3.8, 4) is 6.07 Å². The van der Waals surface area contributed by atoms with Gasteiger partial charge in [-0.2, -0.15) is 18.4 Å². The SMILES string of the molecule is CC(N(Cc1ccccc1)N=O)N1CCCC1(C#N)OC(=O)C(F)(F)F. The second-order valence-electron chi connectivity index (χ2n) is 5.88. The van der Waals surface area contributed by atoms with Crippen molar-refractivity contribution in [1.29, 1.82) is 5.26 Å². The number of nitroso groups, excluding NO2 is 1. The number of rotatable bonds is 6. The molecule has 2 unspecified atom stereocenters. The molecule has 7 nitrogen and oxygen atoms in total. The van der Waals surface area contributed by atoms with Gasteiger partial charge in [-0.1, -0.05) is 30.3 Å². The van der Waals surface area contributed by atoms with Crippen LogP contribution in [0.15, 0.2) is 35.6 Å². The van der Waals surface area contributed by atoms with Gasteiger partial charge in [0.05, 0.1) is 11.8 Å². The molecule has 0 bridgehead atoms. The number of hydrogen-bond donors (Lipinski definition) is 0. The summed E-state index contributed by atoms with van der Waals surface area (Å²) in [7, 11) is 0. The normalized spacial score (nSPS) is 21.7. The number of nitriles is 1. The molecule has 2 atom stereocenters. The zero-order chi connectivity index (χ0) is 19.4. The van der Waals surface area contributed by atoms with Crippen molar-refractivity contribution in [1.82, 2.24) is 9.91 Å². The molecule has 0 radical (unpaired) electrons. The van der Waals surface area contributed by atoms with Gasteiger partial charge in [0.25, 0.3) is 5.72 Å². The van der Waals surface area contributed by atoms with E-state index in [9.17, 15) is 28.1 Å². The molecule has 1 aliphatic rings. The van der Waals surface area contributed by atoms with Crippen LogP contribution >= 0.6 is 0 Å². The molecular weight excluding hydrogens is 353 g/mol. The predicted octanol–water partition coefficient (Wildman–Crippen LogP) is 2.94. The number of alkyl halides is 3. The minimum Gasteiger partial charge on any atom is -0.423 e. The van der Waals surface area contributed by atoms with Crippen LogP contribution < -0.4 is 0 Å². The third kappa shape index (κ3) is 4.11. The molecule has 1 fully saturated rings. The first-order valence-electron chi connectivity index (χ1n) is 7.85. The summed E-state index contributed by atoms with van der Waals surface area (Å²) in [6.07, 6.45) is -5.82. The van der Waals surface area contributed by atoms with Crippen LogP contribution in [0.1, 0.15) is 25.3 Å². The van der Waals surface area contributed by atoms with Gasteiger partial charge in [0.2, 0.25) is 0 Å². The van der Waals surface area contributed by atoms with E-state index >= 15 is 0 Å². The zero-order valence-electron chi connectivity index (χ0n) is 13.9. The fourth-order valence-corrected chi connectivity index (χ4v) is 2.93. The average Bonchev–Trinajstić information content (AvgIpc) is 3.03. The minimum absolute atomic E-state index is 0.0896. The van der Waals surface area contributed by atoms with E-state index in [-0.39, 0.29) is 19.5 Å². The van der Waals surface area contributed by atoms with Crippen LogP contribution in [0.5, 0.6) is 0 Å². The first-order valence-corrected chi connectivity index (χ1v) is 7.85. The third-order valence-corrected chi connectivity index (χ3v) is 4.22. The number of carbonyl (C=O) groups is 1. The zero-order valence-corrected chi connectivity index (χ0v) is 13.9. The number of carbonyl (C=O) groups excluding carboxylic acids is 1. The van der Waals surface area contributed by atoms with E-state index in [2.05, 4.69) is 10.0 Å². The summed E-state index contributed by atoms with van der Waals surface area (Å²) in [4.78, 5) is 23.8. The lowest BCUT2D eigenvalue weighted by atomic mass is 10.1. The molecule has 0 amide bonds. The van der Waals surface area contributed by atoms with Gasteiger partial charge in [-0.15, -0.1) is 4.91 Å². The number of hydrogen-bond acceptors (Lipinski definition) is 6. The van der Waals surface area contributed by atoms with Crippen LogP contribution in [0, 0.1) is 16.2 Å². The molecule has 0 saturated carbocycles. The second-order valence-corrected chi connectivity index (χ2v) is 5.88. The Bertz CT molecular complexity index is 692. The summed E-state index contributed by atoms with van der Waals surface area (Å²) < 4.78 is 42.2. The van der Waals surface area contributed by atoms with Gasteiger partial charge in [0, 0.05) is 13.0 Å². The number of halogens is 3. The Morgan fingerprint density at radius 2 is 2.12 bits per heavy atom. The summed E-state index contributed by atoms with van der Waals surface area (Å²) >= 11 is 0. The van der Waals surface area contributed by atoms with Crippen molar-refractivity contribution in [2.45, 2.75) is 44.4 Å². The van der Waals surface area contributed by atoms with E-state index in [0.717, 1.165) is 10.6 Å². The van der Waals surface area contributed by atoms with Crippen LogP contribution in [0.2, 0.25) is 0 Å². The molecule has 0 aliphatic carbocycles. The number of benzene rings is 1. The first-order chi connectivity index (χ1) is 12.2. The Hall–Kier alpha value is -2.67. The van der Waals surface area contributed by atoms with Gasteiger partial charge in [-0.3, -0.25) is 0 Å². The fraction of sp³-hybridized carbons (Fsp3) is 0.500. The first kappa shape index (κ1) is 19.7. The highest BCUT2D eigenvalue weighted by atomic mass is 19.4. The Labute approximate surface area is 147 Å². The molecular formula is C16H17F3N4O3. The van der Waals surface area contributed by atoms with Gasteiger partial charge in [-0.05, 0) is 18.9 Å². The van der Waals surface area contributed by atoms with Crippen LogP contribution in [0.3, 0.4) is 0 Å². The lowest BCUT2D eigenvalue weighted by Crippen LogP contribution is -2.56. The van der Waals surface area contributed by atoms with E-state index < -0.39 is 24.0 Å². The average molecular weight is 370 g/mol. The van der Waals surface area contributed by atoms with Crippen LogP contribution in [-0.4, -0.2) is 40.5 Å². The van der Waals surface area contributed by atoms with Gasteiger partial charge < -0.3 is 4.74 Å². The highest BCUT2D eigenvalue weighted by molar-refractivity contribution is 5.76. The smallest absolute Gasteiger partial charge is 0.423 e. The Morgan fingerprint density at radius 1 is 1.46 bits per heavy atom. The number of nitrogens with zero attached hydrogens (tertiary/aromatic N) is 4. The van der Waals surface area contributed by atoms with E-state index in [1.807, 2.05) is 0 Å². The molecule has 0 spiro atoms. The van der Waals surface area contributed by atoms with Crippen LogP contribution in [0.4, 0.5) is 13.2 Å². The molecule has 1 aromatic rings. The molecule has 0 N–H and O–H groups in total. The van der Waals surface area contributed by atoms with Crippen molar-refractivity contribution in [3.63, 3.8) is 0 Å². The highest BCUT2D eigenvalue weighted by Crippen LogP contribution is 2.35. The maximum atomic E-state index is 12.6. The maximum Gasteiger partial charge on any atom is 0.491 e. The van der Waals surface area contributed by atoms with Crippen LogP contribution in [0.25, 0.3) is 0 Å². The molecule has 1 aliphatic heterocycles. The minimum atomic E-state index is -5.21. The van der Waals surface area contributed by atoms with E-state index in [1.165, 1.54) is 11.8 Å². The van der Waals surface area contributed by atoms with Crippen molar-refractivity contribution >= 4 is 5.97 Å². The number of esters is 1. The quantitative estimate of drug-likeness (QED) is 0.435. The van der Waals surface area contributed by atoms with Crippen LogP contribution in [-0.2, 0) is 16.1 Å². The Morgan fingerprint density at radius 3 is 2.65 bits per heavy atom. The standard InChI is InChI=1S/C16H17F3N4O3/c1-12(23(21-25)10-13-6-3-2-4-7-13)22-9-5-8-15(22,11-20)26-14(24)16(17,18)19/h2-4,6-7,12H,5,8-10H2,1H3. The van der Waals surface area contributed by atoms with Crippen molar-refractivity contribution in [3.05, 3.63) is 40.8 Å². The molecule has 2 rings (SSSR count). The van der Waals surface area contributed by atoms with Gasteiger partial charge in [-0.25, -0.2) is 14.7 Å². The lowest BCUT2D eigenvalue weighted by molar-refractivity contribution is -0.224. The predicted molar refractivity (Wildman–Crippen MR) is 83.7 cm³/mol. The largest absolute Gasteiger partial charge is 0.491 e. The Balaban J connectivity index is 2.21. The maximum absolute atomic E-state index is 12.6. The lowest BCUT2D eigenvalue weighted by Gasteiger charge is -2.38. The summed E-state index contributed by atoms with van der Waals surface area (Å²) in [6.45, 7) is 1.79. The number of ether oxygens (including phenoxy) is 1. The summed E-state index contributed by atoms with van der Waals surface area (Å²) in [6, 6.07) is 10.5. The second kappa shape index (κ2) is 7.70. The molecule has 140 valence electrons. The van der Waals surface area contributed by atoms with Gasteiger partial charge in [0.15, 0.2) is 0 Å². The molecule has 0 aromatic heterocycles. The van der Waals surface area contributed by atoms with Gasteiger partial charge >= 0.3 is 12.1 Å². The van der Waals surface area contributed by atoms with E-state index in [0.29, 0.717) is 6.42 Å². The molecule has 1 aromatic carbocycles. The van der Waals surface area contributed by atoms with E-state index in [4.69, 9.17) is 0 Å². The van der Waals surface area contributed by atoms with Gasteiger partial charge in [0.1, 0.15) is 12.2 Å². The highest BCUT2D eigenvalue weighted by Gasteiger charge is 2.53. The Kier molecular flexibility index (Phi) is 5.82. The van der Waals surface area contributed by atoms with Crippen molar-refractivity contribution < 1.29 is 22.7 Å². The van der Waals surface area contributed by atoms with E-state index in [1.54, 1.807) is 36.4 Å². The molecule has 26 heavy (non-hydrogen) atoms. The van der Waals surface area contributed by atoms with Crippen molar-refractivity contribution in [2.75, 3.05) is 6.54 Å². The molecule has 10 heteroatoms. The summed E-state index contributed by atoms with van der Waals surface area (Å²) in [5.74, 6) is -2.44. The summed E-state index contributed by atoms with van der Waals surface area (Å²) in [5.41, 5.74) is -1.33. The number of likely N-dealkylation sites (tertiary alicyclic amines) is 1. The monoisotopic (exact) mass is 370 g/mol. The van der Waals surface area contributed by atoms with Crippen molar-refractivity contribution in [2.24, 2.45) is 5.29 Å². The molecule has 1 saturated heterocycles. The third-order valence-electron chi connectivity index (χ3n) is 4.22.